The average molecular weight is 396 g/mol. The third kappa shape index (κ3) is 4.77. The Balaban J connectivity index is 1.83. The van der Waals surface area contributed by atoms with Gasteiger partial charge in [0.25, 0.3) is 5.91 Å². The monoisotopic (exact) mass is 396 g/mol. The molecule has 0 bridgehead atoms. The molecule has 1 aliphatic heterocycles. The highest BCUT2D eigenvalue weighted by atomic mass is 16.3. The van der Waals surface area contributed by atoms with Gasteiger partial charge in [-0.2, -0.15) is 0 Å². The van der Waals surface area contributed by atoms with Crippen LogP contribution in [-0.4, -0.2) is 53.8 Å². The summed E-state index contributed by atoms with van der Waals surface area (Å²) in [6.45, 7) is 3.05. The zero-order chi connectivity index (χ0) is 21.0. The molecule has 6 nitrogen and oxygen atoms in total. The highest BCUT2D eigenvalue weighted by molar-refractivity contribution is 6.08. The van der Waals surface area contributed by atoms with E-state index in [1.54, 1.807) is 17.0 Å². The number of benzene rings is 1. The topological polar surface area (TPSA) is 74.0 Å². The number of carbonyl (C=O) groups excluding carboxylic acids is 2. The first kappa shape index (κ1) is 20.9. The Bertz CT molecular complexity index is 899. The fourth-order valence-electron chi connectivity index (χ4n) is 3.66. The number of hydrogen-bond acceptors (Lipinski definition) is 5. The number of aryl methyl sites for hydroxylation is 2. The molecule has 1 N–H and O–H groups in total. The molecule has 154 valence electrons. The van der Waals surface area contributed by atoms with Gasteiger partial charge in [0.15, 0.2) is 11.5 Å². The van der Waals surface area contributed by atoms with E-state index in [-0.39, 0.29) is 17.8 Å². The average Bonchev–Trinajstić information content (AvgIpc) is 3.23. The summed E-state index contributed by atoms with van der Waals surface area (Å²) in [5, 5.41) is 10.6. The number of aliphatic hydroxyl groups excluding tert-OH is 1. The molecule has 0 fully saturated rings. The van der Waals surface area contributed by atoms with Crippen molar-refractivity contribution in [3.05, 3.63) is 70.9 Å². The van der Waals surface area contributed by atoms with E-state index in [4.69, 9.17) is 4.42 Å². The maximum atomic E-state index is 13.0. The fraction of sp³-hybridized carbons (Fsp3) is 0.391. The van der Waals surface area contributed by atoms with E-state index < -0.39 is 17.7 Å². The number of amides is 1. The van der Waals surface area contributed by atoms with Gasteiger partial charge in [-0.25, -0.2) is 0 Å². The fourth-order valence-corrected chi connectivity index (χ4v) is 3.66. The van der Waals surface area contributed by atoms with Crippen molar-refractivity contribution >= 4 is 11.7 Å². The van der Waals surface area contributed by atoms with Gasteiger partial charge in [-0.15, -0.1) is 0 Å². The predicted octanol–water partition coefficient (Wildman–Crippen LogP) is 3.44. The molecule has 2 heterocycles. The molecule has 1 amide bonds. The molecule has 1 aromatic heterocycles. The molecule has 0 saturated heterocycles. The number of nitrogens with zero attached hydrogens (tertiary/aromatic N) is 2. The molecule has 0 aliphatic carbocycles. The second kappa shape index (κ2) is 9.09. The summed E-state index contributed by atoms with van der Waals surface area (Å²) in [5.74, 6) is 0.0164. The lowest BCUT2D eigenvalue weighted by Crippen LogP contribution is -2.33. The number of furan rings is 1. The van der Waals surface area contributed by atoms with Crippen molar-refractivity contribution in [2.75, 3.05) is 27.2 Å². The van der Waals surface area contributed by atoms with Crippen LogP contribution in [0.1, 0.15) is 36.0 Å². The molecular weight excluding hydrogens is 368 g/mol. The first-order chi connectivity index (χ1) is 13.9. The highest BCUT2D eigenvalue weighted by Gasteiger charge is 2.44. The van der Waals surface area contributed by atoms with Crippen molar-refractivity contribution in [3.63, 3.8) is 0 Å². The van der Waals surface area contributed by atoms with Crippen LogP contribution in [0.5, 0.6) is 0 Å². The largest absolute Gasteiger partial charge is 0.503 e. The summed E-state index contributed by atoms with van der Waals surface area (Å²) in [6.07, 6.45) is 1.50. The van der Waals surface area contributed by atoms with E-state index in [0.717, 1.165) is 18.5 Å². The van der Waals surface area contributed by atoms with Crippen LogP contribution >= 0.6 is 0 Å². The Labute approximate surface area is 171 Å². The Morgan fingerprint density at radius 1 is 1.17 bits per heavy atom. The number of carbonyl (C=O) groups is 2. The molecule has 0 spiro atoms. The van der Waals surface area contributed by atoms with Gasteiger partial charge in [0.2, 0.25) is 0 Å². The zero-order valence-electron chi connectivity index (χ0n) is 17.2. The van der Waals surface area contributed by atoms with Gasteiger partial charge in [0.1, 0.15) is 17.6 Å². The van der Waals surface area contributed by atoms with E-state index in [2.05, 4.69) is 0 Å². The standard InChI is InChI=1S/C23H28N2O4/c1-16-10-13-19(29-16)21-20(18(26)12-11-17-8-5-4-6-9-17)22(27)23(28)25(21)15-7-14-24(2)3/h4-6,8-10,13,21,27H,7,11-12,14-15H2,1-3H3. The number of Topliss-reactive ketones (excluding diaryl/α,β-unsaturated/α-hetero) is 1. The lowest BCUT2D eigenvalue weighted by atomic mass is 9.96. The summed E-state index contributed by atoms with van der Waals surface area (Å²) in [5.41, 5.74) is 1.18. The van der Waals surface area contributed by atoms with E-state index in [1.807, 2.05) is 56.3 Å². The van der Waals surface area contributed by atoms with Gasteiger partial charge in [-0.1, -0.05) is 30.3 Å². The Hall–Kier alpha value is -2.86. The van der Waals surface area contributed by atoms with Gasteiger partial charge in [0, 0.05) is 13.0 Å². The van der Waals surface area contributed by atoms with E-state index in [1.165, 1.54) is 0 Å². The van der Waals surface area contributed by atoms with Crippen LogP contribution in [0, 0.1) is 6.92 Å². The van der Waals surface area contributed by atoms with E-state index in [0.29, 0.717) is 24.5 Å². The Morgan fingerprint density at radius 3 is 2.52 bits per heavy atom. The lowest BCUT2D eigenvalue weighted by Gasteiger charge is -2.25. The SMILES string of the molecule is Cc1ccc(C2C(C(=O)CCc3ccccc3)=C(O)C(=O)N2CCCN(C)C)o1. The van der Waals surface area contributed by atoms with Crippen LogP contribution in [0.2, 0.25) is 0 Å². The van der Waals surface area contributed by atoms with Crippen molar-refractivity contribution in [2.24, 2.45) is 0 Å². The number of aliphatic hydroxyl groups is 1. The number of hydrogen-bond donors (Lipinski definition) is 1. The normalized spacial score (nSPS) is 16.9. The van der Waals surface area contributed by atoms with Crippen LogP contribution in [0.4, 0.5) is 0 Å². The molecule has 29 heavy (non-hydrogen) atoms. The van der Waals surface area contributed by atoms with Crippen LogP contribution in [0.15, 0.2) is 58.2 Å². The Kier molecular flexibility index (Phi) is 6.54. The van der Waals surface area contributed by atoms with Gasteiger partial charge in [-0.05, 0) is 58.1 Å². The minimum atomic E-state index is -0.679. The Morgan fingerprint density at radius 2 is 1.90 bits per heavy atom. The molecule has 1 atom stereocenters. The van der Waals surface area contributed by atoms with Crippen LogP contribution in [0.3, 0.4) is 0 Å². The third-order valence-electron chi connectivity index (χ3n) is 5.12. The molecule has 1 aromatic carbocycles. The lowest BCUT2D eigenvalue weighted by molar-refractivity contribution is -0.129. The zero-order valence-corrected chi connectivity index (χ0v) is 17.2. The van der Waals surface area contributed by atoms with Crippen LogP contribution in [0.25, 0.3) is 0 Å². The molecule has 2 aromatic rings. The minimum absolute atomic E-state index is 0.144. The highest BCUT2D eigenvalue weighted by Crippen LogP contribution is 2.39. The van der Waals surface area contributed by atoms with Crippen LogP contribution in [-0.2, 0) is 16.0 Å². The maximum absolute atomic E-state index is 13.0. The molecule has 1 aliphatic rings. The molecule has 0 saturated carbocycles. The first-order valence-corrected chi connectivity index (χ1v) is 9.90. The quantitative estimate of drug-likeness (QED) is 0.703. The molecule has 0 radical (unpaired) electrons. The number of ketones is 1. The second-order valence-electron chi connectivity index (χ2n) is 7.68. The van der Waals surface area contributed by atoms with E-state index >= 15 is 0 Å². The summed E-state index contributed by atoms with van der Waals surface area (Å²) in [7, 11) is 3.93. The third-order valence-corrected chi connectivity index (χ3v) is 5.12. The molecular formula is C23H28N2O4. The first-order valence-electron chi connectivity index (χ1n) is 9.90. The van der Waals surface area contributed by atoms with Crippen molar-refractivity contribution in [1.29, 1.82) is 0 Å². The maximum Gasteiger partial charge on any atom is 0.290 e. The van der Waals surface area contributed by atoms with Gasteiger partial charge in [-0.3, -0.25) is 9.59 Å². The van der Waals surface area contributed by atoms with Gasteiger partial charge in [0.05, 0.1) is 5.57 Å². The molecule has 3 rings (SSSR count). The summed E-state index contributed by atoms with van der Waals surface area (Å²) in [4.78, 5) is 29.4. The summed E-state index contributed by atoms with van der Waals surface area (Å²) in [6, 6.07) is 12.6. The second-order valence-corrected chi connectivity index (χ2v) is 7.68. The minimum Gasteiger partial charge on any atom is -0.503 e. The van der Waals surface area contributed by atoms with Crippen molar-refractivity contribution in [2.45, 2.75) is 32.2 Å². The van der Waals surface area contributed by atoms with Gasteiger partial charge >= 0.3 is 0 Å². The molecule has 1 unspecified atom stereocenters. The van der Waals surface area contributed by atoms with Crippen molar-refractivity contribution < 1.29 is 19.1 Å². The molecule has 6 heteroatoms. The summed E-state index contributed by atoms with van der Waals surface area (Å²) >= 11 is 0. The smallest absolute Gasteiger partial charge is 0.290 e. The van der Waals surface area contributed by atoms with Crippen LogP contribution < -0.4 is 0 Å². The van der Waals surface area contributed by atoms with Crippen molar-refractivity contribution in [3.8, 4) is 0 Å². The van der Waals surface area contributed by atoms with Crippen molar-refractivity contribution in [1.82, 2.24) is 9.80 Å². The summed E-state index contributed by atoms with van der Waals surface area (Å²) < 4.78 is 5.76. The predicted molar refractivity (Wildman–Crippen MR) is 110 cm³/mol. The van der Waals surface area contributed by atoms with E-state index in [9.17, 15) is 14.7 Å². The van der Waals surface area contributed by atoms with Gasteiger partial charge < -0.3 is 19.3 Å². The number of rotatable bonds is 9.